The van der Waals surface area contributed by atoms with Gasteiger partial charge in [-0.2, -0.15) is 0 Å². The Kier molecular flexibility index (Phi) is 1.66. The van der Waals surface area contributed by atoms with Gasteiger partial charge >= 0.3 is 0 Å². The van der Waals surface area contributed by atoms with Gasteiger partial charge in [0.05, 0.1) is 0 Å². The normalized spacial score (nSPS) is 13.4. The van der Waals surface area contributed by atoms with Crippen LogP contribution in [0.3, 0.4) is 0 Å². The standard InChI is InChI=1S/C8H9N3O2/c1-5(9)6-2-3-7-8(4-6)11(12)13-10-7/h2-5H,9H2,1H3. The molecule has 2 N–H and O–H groups in total. The Morgan fingerprint density at radius 2 is 2.38 bits per heavy atom. The van der Waals surface area contributed by atoms with Crippen LogP contribution in [-0.4, -0.2) is 5.16 Å². The first-order chi connectivity index (χ1) is 6.18. The summed E-state index contributed by atoms with van der Waals surface area (Å²) in [6.45, 7) is 1.85. The maximum atomic E-state index is 11.0. The maximum Gasteiger partial charge on any atom is 0.248 e. The molecule has 2 aromatic rings. The fourth-order valence-electron chi connectivity index (χ4n) is 1.17. The Bertz CT molecular complexity index is 436. The molecule has 13 heavy (non-hydrogen) atoms. The van der Waals surface area contributed by atoms with E-state index in [4.69, 9.17) is 5.73 Å². The van der Waals surface area contributed by atoms with Crippen LogP contribution >= 0.6 is 0 Å². The van der Waals surface area contributed by atoms with Crippen LogP contribution in [0.15, 0.2) is 22.8 Å². The summed E-state index contributed by atoms with van der Waals surface area (Å²) in [5.41, 5.74) is 7.50. The van der Waals surface area contributed by atoms with Gasteiger partial charge in [0.1, 0.15) is 0 Å². The Hall–Kier alpha value is -1.62. The van der Waals surface area contributed by atoms with Crippen molar-refractivity contribution >= 4 is 11.0 Å². The lowest BCUT2D eigenvalue weighted by Gasteiger charge is -2.02. The smallest absolute Gasteiger partial charge is 0.248 e. The van der Waals surface area contributed by atoms with Gasteiger partial charge in [0, 0.05) is 11.2 Å². The number of nitrogens with zero attached hydrogens (tertiary/aromatic N) is 2. The molecule has 68 valence electrons. The molecule has 0 spiro atoms. The number of rotatable bonds is 1. The van der Waals surface area contributed by atoms with Gasteiger partial charge in [-0.25, -0.2) is 0 Å². The molecule has 0 fully saturated rings. The second-order valence-electron chi connectivity index (χ2n) is 2.97. The van der Waals surface area contributed by atoms with Crippen molar-refractivity contribution in [2.24, 2.45) is 5.73 Å². The summed E-state index contributed by atoms with van der Waals surface area (Å²) in [5.74, 6) is 0. The Labute approximate surface area is 74.3 Å². The molecule has 0 aliphatic heterocycles. The fourth-order valence-corrected chi connectivity index (χ4v) is 1.17. The molecule has 1 atom stereocenters. The van der Waals surface area contributed by atoms with Crippen molar-refractivity contribution in [3.8, 4) is 0 Å². The minimum atomic E-state index is -0.0979. The Balaban J connectivity index is 2.66. The average Bonchev–Trinajstić information content (AvgIpc) is 2.47. The average molecular weight is 179 g/mol. The summed E-state index contributed by atoms with van der Waals surface area (Å²) in [4.78, 5) is 0.376. The molecule has 2 rings (SSSR count). The molecule has 0 saturated heterocycles. The van der Waals surface area contributed by atoms with E-state index in [2.05, 4.69) is 9.79 Å². The number of fused-ring (bicyclic) bond motifs is 1. The summed E-state index contributed by atoms with van der Waals surface area (Å²) in [6.07, 6.45) is 0. The number of hydrogen-bond acceptors (Lipinski definition) is 4. The third-order valence-corrected chi connectivity index (χ3v) is 1.94. The number of benzene rings is 1. The zero-order chi connectivity index (χ0) is 9.42. The van der Waals surface area contributed by atoms with E-state index in [0.717, 1.165) is 5.56 Å². The minimum absolute atomic E-state index is 0.0979. The molecule has 0 saturated carbocycles. The SMILES string of the molecule is CC(N)c1ccc2no[n+]([O-])c2c1. The van der Waals surface area contributed by atoms with Crippen LogP contribution in [0.2, 0.25) is 0 Å². The Morgan fingerprint density at radius 3 is 3.08 bits per heavy atom. The van der Waals surface area contributed by atoms with Crippen molar-refractivity contribution in [1.29, 1.82) is 0 Å². The van der Waals surface area contributed by atoms with Crippen LogP contribution in [-0.2, 0) is 0 Å². The lowest BCUT2D eigenvalue weighted by molar-refractivity contribution is -0.782. The van der Waals surface area contributed by atoms with Gasteiger partial charge in [0.25, 0.3) is 0 Å². The van der Waals surface area contributed by atoms with Gasteiger partial charge in [-0.05, 0) is 29.5 Å². The van der Waals surface area contributed by atoms with Gasteiger partial charge in [-0.3, -0.25) is 4.63 Å². The van der Waals surface area contributed by atoms with E-state index in [1.165, 1.54) is 0 Å². The predicted molar refractivity (Wildman–Crippen MR) is 45.6 cm³/mol. The summed E-state index contributed by atoms with van der Waals surface area (Å²) >= 11 is 0. The molecular formula is C8H9N3O2. The van der Waals surface area contributed by atoms with E-state index in [-0.39, 0.29) is 6.04 Å². The van der Waals surface area contributed by atoms with Crippen LogP contribution in [0.4, 0.5) is 0 Å². The summed E-state index contributed by atoms with van der Waals surface area (Å²) in [6, 6.07) is 5.13. The van der Waals surface area contributed by atoms with Crippen LogP contribution in [0.5, 0.6) is 0 Å². The monoisotopic (exact) mass is 179 g/mol. The van der Waals surface area contributed by atoms with Crippen molar-refractivity contribution in [3.63, 3.8) is 0 Å². The first-order valence-electron chi connectivity index (χ1n) is 3.93. The second-order valence-corrected chi connectivity index (χ2v) is 2.97. The van der Waals surface area contributed by atoms with E-state index >= 15 is 0 Å². The molecule has 0 aliphatic rings. The molecule has 0 aliphatic carbocycles. The van der Waals surface area contributed by atoms with Gasteiger partial charge < -0.3 is 10.9 Å². The molecule has 1 aromatic heterocycles. The lowest BCUT2D eigenvalue weighted by atomic mass is 10.1. The van der Waals surface area contributed by atoms with Crippen molar-refractivity contribution in [2.75, 3.05) is 0 Å². The van der Waals surface area contributed by atoms with Gasteiger partial charge in [0.15, 0.2) is 0 Å². The topological polar surface area (TPSA) is 79.0 Å². The predicted octanol–water partition coefficient (Wildman–Crippen LogP) is 0.481. The zero-order valence-electron chi connectivity index (χ0n) is 7.10. The highest BCUT2D eigenvalue weighted by molar-refractivity contribution is 5.71. The summed E-state index contributed by atoms with van der Waals surface area (Å²) in [5, 5.41) is 14.6. The molecule has 5 heteroatoms. The van der Waals surface area contributed by atoms with Gasteiger partial charge in [-0.15, -0.1) is 0 Å². The fraction of sp³-hybridized carbons (Fsp3) is 0.250. The van der Waals surface area contributed by atoms with Crippen LogP contribution in [0.25, 0.3) is 11.0 Å². The van der Waals surface area contributed by atoms with E-state index in [9.17, 15) is 5.21 Å². The zero-order valence-corrected chi connectivity index (χ0v) is 7.10. The molecule has 1 unspecified atom stereocenters. The highest BCUT2D eigenvalue weighted by Crippen LogP contribution is 2.14. The maximum absolute atomic E-state index is 11.0. The third kappa shape index (κ3) is 1.23. The van der Waals surface area contributed by atoms with Gasteiger partial charge in [0.2, 0.25) is 11.0 Å². The quantitative estimate of drug-likeness (QED) is 0.646. The third-order valence-electron chi connectivity index (χ3n) is 1.94. The van der Waals surface area contributed by atoms with Gasteiger partial charge in [-0.1, -0.05) is 6.07 Å². The second kappa shape index (κ2) is 2.70. The van der Waals surface area contributed by atoms with E-state index in [1.54, 1.807) is 12.1 Å². The van der Waals surface area contributed by atoms with E-state index in [1.807, 2.05) is 13.0 Å². The van der Waals surface area contributed by atoms with Crippen LogP contribution in [0.1, 0.15) is 18.5 Å². The van der Waals surface area contributed by atoms with Crippen molar-refractivity contribution in [1.82, 2.24) is 5.16 Å². The van der Waals surface area contributed by atoms with Crippen molar-refractivity contribution < 1.29 is 9.53 Å². The number of hydrogen-bond donors (Lipinski definition) is 1. The summed E-state index contributed by atoms with van der Waals surface area (Å²) in [7, 11) is 0. The molecule has 1 aromatic carbocycles. The van der Waals surface area contributed by atoms with Crippen LogP contribution < -0.4 is 10.6 Å². The largest absolute Gasteiger partial charge is 0.359 e. The highest BCUT2D eigenvalue weighted by atomic mass is 16.8. The Morgan fingerprint density at radius 1 is 1.62 bits per heavy atom. The van der Waals surface area contributed by atoms with Crippen LogP contribution in [0, 0.1) is 5.21 Å². The number of nitrogens with two attached hydrogens (primary N) is 1. The molecule has 5 nitrogen and oxygen atoms in total. The van der Waals surface area contributed by atoms with E-state index < -0.39 is 0 Å². The first-order valence-corrected chi connectivity index (χ1v) is 3.93. The molecule has 1 heterocycles. The minimum Gasteiger partial charge on any atom is -0.359 e. The first kappa shape index (κ1) is 8.00. The number of aromatic nitrogens is 2. The molecule has 0 bridgehead atoms. The molecular weight excluding hydrogens is 170 g/mol. The lowest BCUT2D eigenvalue weighted by Crippen LogP contribution is -2.22. The molecule has 0 radical (unpaired) electrons. The highest BCUT2D eigenvalue weighted by Gasteiger charge is 2.10. The molecule has 0 amide bonds. The summed E-state index contributed by atoms with van der Waals surface area (Å²) < 4.78 is 4.42. The van der Waals surface area contributed by atoms with Crippen molar-refractivity contribution in [2.45, 2.75) is 13.0 Å². The van der Waals surface area contributed by atoms with E-state index in [0.29, 0.717) is 15.9 Å². The van der Waals surface area contributed by atoms with Crippen molar-refractivity contribution in [3.05, 3.63) is 29.0 Å².